The van der Waals surface area contributed by atoms with E-state index in [2.05, 4.69) is 123 Å². The summed E-state index contributed by atoms with van der Waals surface area (Å²) >= 11 is -0.654. The molecule has 0 bridgehead atoms. The minimum atomic E-state index is -0.654. The van der Waals surface area contributed by atoms with E-state index in [1.54, 1.807) is 0 Å². The van der Waals surface area contributed by atoms with E-state index in [9.17, 15) is 4.79 Å². The number of aromatic nitrogens is 4. The van der Waals surface area contributed by atoms with Gasteiger partial charge in [0.1, 0.15) is 0 Å². The van der Waals surface area contributed by atoms with Gasteiger partial charge < -0.3 is 5.32 Å². The van der Waals surface area contributed by atoms with Gasteiger partial charge in [0.15, 0.2) is 6.33 Å². The second-order valence-electron chi connectivity index (χ2n) is 12.9. The number of amides is 1. The molecular weight excluding hydrogens is 801 g/mol. The summed E-state index contributed by atoms with van der Waals surface area (Å²) in [7, 11) is 2.03. The first-order valence-electron chi connectivity index (χ1n) is 18.3. The molecule has 6 aromatic rings. The quantitative estimate of drug-likeness (QED) is 0.101. The zero-order valence-electron chi connectivity index (χ0n) is 31.0. The third-order valence-electron chi connectivity index (χ3n) is 9.21. The molecule has 0 atom stereocenters. The summed E-state index contributed by atoms with van der Waals surface area (Å²) in [5.41, 5.74) is 7.77. The summed E-state index contributed by atoms with van der Waals surface area (Å²) in [6.45, 7) is 7.48. The maximum atomic E-state index is 12.5. The summed E-state index contributed by atoms with van der Waals surface area (Å²) in [6, 6.07) is 39.0. The van der Waals surface area contributed by atoms with Crippen molar-refractivity contribution in [3.63, 3.8) is 0 Å². The number of carbonyl (C=O) groups is 1. The number of fused-ring (bicyclic) bond motifs is 2. The van der Waals surface area contributed by atoms with Crippen molar-refractivity contribution in [2.24, 2.45) is 15.2 Å². The Balaban J connectivity index is 0.951. The Bertz CT molecular complexity index is 2390. The van der Waals surface area contributed by atoms with Gasteiger partial charge in [-0.05, 0) is 5.56 Å². The predicted octanol–water partition coefficient (Wildman–Crippen LogP) is 3.69. The van der Waals surface area contributed by atoms with Crippen LogP contribution >= 0.6 is 0 Å². The monoisotopic (exact) mass is 843 g/mol. The first kappa shape index (κ1) is 37.4. The van der Waals surface area contributed by atoms with Crippen LogP contribution in [0, 0.1) is 3.57 Å². The second-order valence-corrected chi connectivity index (χ2v) is 15.5. The maximum absolute atomic E-state index is 12.5. The summed E-state index contributed by atoms with van der Waals surface area (Å²) in [5, 5.41) is 29.8. The fraction of sp³-hybridized carbons (Fsp3) is 0.214. The molecule has 0 saturated heterocycles. The number of nitrogens with one attached hydrogen (secondary N) is 1. The van der Waals surface area contributed by atoms with Gasteiger partial charge in [-0.15, -0.1) is 20.4 Å². The normalized spacial score (nSPS) is 12.2. The molecule has 0 aliphatic carbocycles. The first-order chi connectivity index (χ1) is 27.0. The Morgan fingerprint density at radius 2 is 1.51 bits per heavy atom. The zero-order chi connectivity index (χ0) is 38.0. The van der Waals surface area contributed by atoms with Crippen LogP contribution in [0.3, 0.4) is 0 Å². The third-order valence-corrected chi connectivity index (χ3v) is 12.2. The predicted molar refractivity (Wildman–Crippen MR) is 211 cm³/mol. The van der Waals surface area contributed by atoms with Crippen molar-refractivity contribution in [2.75, 3.05) is 36.5 Å². The number of benzene rings is 5. The number of azo groups is 1. The van der Waals surface area contributed by atoms with E-state index in [0.29, 0.717) is 18.8 Å². The molecule has 1 aromatic heterocycles. The van der Waals surface area contributed by atoms with E-state index in [0.717, 1.165) is 76.3 Å². The average Bonchev–Trinajstić information content (AvgIpc) is 3.40. The van der Waals surface area contributed by atoms with Crippen LogP contribution in [0.2, 0.25) is 0 Å². The average molecular weight is 844 g/mol. The van der Waals surface area contributed by atoms with E-state index in [4.69, 9.17) is 4.99 Å². The Morgan fingerprint density at radius 1 is 0.800 bits per heavy atom. The van der Waals surface area contributed by atoms with Gasteiger partial charge in [0, 0.05) is 18.5 Å². The molecule has 12 nitrogen and oxygen atoms in total. The van der Waals surface area contributed by atoms with E-state index in [1.807, 2.05) is 61.6 Å². The molecule has 7 rings (SSSR count). The molecule has 0 fully saturated rings. The molecule has 1 N–H and O–H groups in total. The Kier molecular flexibility index (Phi) is 12.2. The molecule has 0 saturated carbocycles. The number of anilines is 2. The van der Waals surface area contributed by atoms with E-state index < -0.39 is 21.5 Å². The SMILES string of the molecule is CCN(CC)c1ccc2c(c1)=[N+](c1ccccc1)[I-]c1cc(N=Nc3ccc(N(C)CCCC(=O)NCc4ccc(-c5nncnn5)cc4)cc3)ccc1N=2. The first-order valence-corrected chi connectivity index (χ1v) is 20.4. The molecule has 1 aliphatic rings. The molecule has 0 spiro atoms. The topological polar surface area (TPSA) is 127 Å². The molecule has 278 valence electrons. The molecule has 5 aromatic carbocycles. The molecule has 0 unspecified atom stereocenters. The fourth-order valence-electron chi connectivity index (χ4n) is 6.15. The van der Waals surface area contributed by atoms with Gasteiger partial charge >= 0.3 is 236 Å². The van der Waals surface area contributed by atoms with Crippen molar-refractivity contribution < 1.29 is 26.3 Å². The number of rotatable bonds is 14. The van der Waals surface area contributed by atoms with E-state index in [1.165, 1.54) is 15.6 Å². The van der Waals surface area contributed by atoms with Crippen molar-refractivity contribution in [3.8, 4) is 11.4 Å². The number of nitrogens with zero attached hydrogens (tertiary/aromatic N) is 10. The van der Waals surface area contributed by atoms with Crippen LogP contribution in [0.25, 0.3) is 11.4 Å². The van der Waals surface area contributed by atoms with Gasteiger partial charge in [0.05, 0.1) is 0 Å². The molecule has 55 heavy (non-hydrogen) atoms. The van der Waals surface area contributed by atoms with Crippen molar-refractivity contribution in [3.05, 3.63) is 141 Å². The van der Waals surface area contributed by atoms with E-state index >= 15 is 0 Å². The summed E-state index contributed by atoms with van der Waals surface area (Å²) in [5.74, 6) is 0.482. The van der Waals surface area contributed by atoms with Gasteiger partial charge in [-0.1, -0.05) is 24.3 Å². The van der Waals surface area contributed by atoms with Gasteiger partial charge in [-0.25, -0.2) is 0 Å². The van der Waals surface area contributed by atoms with Crippen LogP contribution in [-0.2, 0) is 11.3 Å². The Labute approximate surface area is 331 Å². The zero-order valence-corrected chi connectivity index (χ0v) is 33.2. The summed E-state index contributed by atoms with van der Waals surface area (Å²) in [6.07, 6.45) is 2.46. The number of halogens is 1. The second kappa shape index (κ2) is 17.9. The molecule has 1 aliphatic heterocycles. The number of carbonyl (C=O) groups excluding carboxylic acids is 1. The van der Waals surface area contributed by atoms with Crippen LogP contribution in [0.4, 0.5) is 34.1 Å². The molecule has 2 heterocycles. The van der Waals surface area contributed by atoms with Gasteiger partial charge in [-0.3, -0.25) is 4.79 Å². The van der Waals surface area contributed by atoms with Crippen molar-refractivity contribution in [2.45, 2.75) is 33.2 Å². The third kappa shape index (κ3) is 9.41. The van der Waals surface area contributed by atoms with E-state index in [-0.39, 0.29) is 5.91 Å². The molecule has 13 heteroatoms. The standard InChI is InChI=1S/C42H42IN11O/c1-4-53(5-2)36-22-24-39-40(27-36)54(35-10-7-6-8-11-35)43-37-26-33(19-23-38(37)47-39)49-48-32-17-20-34(21-18-32)52(3)25-9-12-41(55)44-28-30-13-15-31(16-14-30)42-50-45-29-46-51-42/h6-8,10-11,13-24,26-27,29H,4-5,9,12,25,28H2,1-3H3,(H,44,55). The van der Waals surface area contributed by atoms with Crippen molar-refractivity contribution in [1.29, 1.82) is 0 Å². The minimum absolute atomic E-state index is 0.0170. The van der Waals surface area contributed by atoms with Crippen LogP contribution in [0.15, 0.2) is 137 Å². The van der Waals surface area contributed by atoms with Crippen LogP contribution in [0.1, 0.15) is 32.3 Å². The Morgan fingerprint density at radius 3 is 2.25 bits per heavy atom. The fourth-order valence-corrected chi connectivity index (χ4v) is 8.93. The number of para-hydroxylation sites is 1. The molecule has 1 amide bonds. The number of hydrogen-bond acceptors (Lipinski definition) is 10. The van der Waals surface area contributed by atoms with Crippen molar-refractivity contribution in [1.82, 2.24) is 28.5 Å². The molecule has 0 radical (unpaired) electrons. The Hall–Kier alpha value is -5.96. The van der Waals surface area contributed by atoms with Crippen LogP contribution < -0.4 is 50.1 Å². The van der Waals surface area contributed by atoms with Gasteiger partial charge in [0.2, 0.25) is 11.7 Å². The van der Waals surface area contributed by atoms with Crippen LogP contribution in [-0.4, -0.2) is 53.0 Å². The number of hydrogen-bond donors (Lipinski definition) is 1. The van der Waals surface area contributed by atoms with Gasteiger partial charge in [0.25, 0.3) is 0 Å². The molecular formula is C42H42IN11O. The van der Waals surface area contributed by atoms with Crippen molar-refractivity contribution >= 4 is 40.0 Å². The van der Waals surface area contributed by atoms with Gasteiger partial charge in [-0.2, -0.15) is 0 Å². The van der Waals surface area contributed by atoms with Crippen LogP contribution in [0.5, 0.6) is 0 Å². The summed E-state index contributed by atoms with van der Waals surface area (Å²) in [4.78, 5) is 22.2. The summed E-state index contributed by atoms with van der Waals surface area (Å²) < 4.78 is 3.63.